The fourth-order valence-electron chi connectivity index (χ4n) is 2.25. The van der Waals surface area contributed by atoms with Crippen LogP contribution in [0, 0.1) is 13.8 Å². The second-order valence-corrected chi connectivity index (χ2v) is 7.20. The minimum absolute atomic E-state index is 0.0580. The van der Waals surface area contributed by atoms with Gasteiger partial charge in [0.25, 0.3) is 21.0 Å². The molecule has 2 aromatic heterocycles. The molecule has 0 aliphatic heterocycles. The van der Waals surface area contributed by atoms with Crippen molar-refractivity contribution < 1.29 is 18.3 Å². The Morgan fingerprint density at radius 3 is 2.68 bits per heavy atom. The molecule has 0 radical (unpaired) electrons. The number of aromatic carboxylic acids is 1. The fraction of sp³-hybridized carbons (Fsp3) is 0.143. The van der Waals surface area contributed by atoms with E-state index in [1.54, 1.807) is 19.9 Å². The number of carboxylic acids is 1. The number of benzene rings is 1. The largest absolute Gasteiger partial charge is 0.478 e. The Labute approximate surface area is 147 Å². The predicted molar refractivity (Wildman–Crippen MR) is 89.5 cm³/mol. The number of sulfonamides is 1. The molecule has 0 saturated carbocycles. The number of nitrogens with zero attached hydrogens (tertiary/aromatic N) is 4. The van der Waals surface area contributed by atoms with Crippen LogP contribution in [0.4, 0.5) is 5.69 Å². The summed E-state index contributed by atoms with van der Waals surface area (Å²) in [5.41, 5.74) is 0.773. The van der Waals surface area contributed by atoms with Crippen molar-refractivity contribution in [3.63, 3.8) is 0 Å². The highest BCUT2D eigenvalue weighted by Crippen LogP contribution is 2.28. The second-order valence-electron chi connectivity index (χ2n) is 5.22. The molecule has 3 aromatic rings. The molecule has 2 N–H and O–H groups in total. The zero-order valence-corrected chi connectivity index (χ0v) is 14.6. The number of carboxylic acid groups (broad SMARTS) is 1. The van der Waals surface area contributed by atoms with Crippen LogP contribution in [0.1, 0.15) is 21.7 Å². The lowest BCUT2D eigenvalue weighted by Crippen LogP contribution is -2.17. The van der Waals surface area contributed by atoms with Gasteiger partial charge in [-0.1, -0.05) is 17.7 Å². The first-order chi connectivity index (χ1) is 11.7. The Balaban J connectivity index is 2.10. The molecule has 0 fully saturated rings. The van der Waals surface area contributed by atoms with E-state index in [4.69, 9.17) is 11.6 Å². The Kier molecular flexibility index (Phi) is 4.09. The number of aromatic nitrogens is 4. The van der Waals surface area contributed by atoms with Gasteiger partial charge >= 0.3 is 5.97 Å². The molecule has 3 rings (SSSR count). The molecule has 0 spiro atoms. The van der Waals surface area contributed by atoms with Gasteiger partial charge in [-0.05, 0) is 32.0 Å². The zero-order valence-electron chi connectivity index (χ0n) is 13.1. The van der Waals surface area contributed by atoms with Gasteiger partial charge in [0.2, 0.25) is 0 Å². The highest BCUT2D eigenvalue weighted by molar-refractivity contribution is 7.92. The molecule has 0 amide bonds. The van der Waals surface area contributed by atoms with Gasteiger partial charge < -0.3 is 5.11 Å². The van der Waals surface area contributed by atoms with Crippen molar-refractivity contribution in [2.24, 2.45) is 0 Å². The Morgan fingerprint density at radius 2 is 2.00 bits per heavy atom. The van der Waals surface area contributed by atoms with Gasteiger partial charge in [-0.25, -0.2) is 14.3 Å². The van der Waals surface area contributed by atoms with Crippen molar-refractivity contribution in [3.05, 3.63) is 46.2 Å². The van der Waals surface area contributed by atoms with E-state index in [0.717, 1.165) is 0 Å². The minimum Gasteiger partial charge on any atom is -0.478 e. The highest BCUT2D eigenvalue weighted by atomic mass is 35.5. The van der Waals surface area contributed by atoms with Gasteiger partial charge in [0, 0.05) is 11.4 Å². The van der Waals surface area contributed by atoms with E-state index in [1.165, 1.54) is 22.7 Å². The molecule has 0 atom stereocenters. The predicted octanol–water partition coefficient (Wildman–Crippen LogP) is 1.89. The van der Waals surface area contributed by atoms with E-state index in [1.807, 2.05) is 0 Å². The second kappa shape index (κ2) is 5.97. The highest BCUT2D eigenvalue weighted by Gasteiger charge is 2.25. The van der Waals surface area contributed by atoms with Crippen molar-refractivity contribution in [1.82, 2.24) is 19.6 Å². The summed E-state index contributed by atoms with van der Waals surface area (Å²) in [4.78, 5) is 19.3. The maximum absolute atomic E-state index is 12.6. The Hall–Kier alpha value is -2.72. The van der Waals surface area contributed by atoms with Crippen LogP contribution in [0.2, 0.25) is 5.02 Å². The molecule has 0 saturated heterocycles. The SMILES string of the molecule is Cc1cc(C)n2nc(S(=O)(=O)Nc3c(Cl)cccc3C(=O)O)nc2n1. The molecule has 0 unspecified atom stereocenters. The number of anilines is 1. The van der Waals surface area contributed by atoms with E-state index >= 15 is 0 Å². The molecule has 0 aliphatic rings. The van der Waals surface area contributed by atoms with Crippen LogP contribution in [0.15, 0.2) is 29.4 Å². The number of nitrogens with one attached hydrogen (secondary N) is 1. The van der Waals surface area contributed by atoms with E-state index < -0.39 is 21.1 Å². The van der Waals surface area contributed by atoms with Crippen LogP contribution in [0.5, 0.6) is 0 Å². The molecule has 9 nitrogen and oxygen atoms in total. The quantitative estimate of drug-likeness (QED) is 0.706. The average molecular weight is 382 g/mol. The summed E-state index contributed by atoms with van der Waals surface area (Å²) in [5, 5.41) is 12.5. The molecule has 11 heteroatoms. The summed E-state index contributed by atoms with van der Waals surface area (Å²) in [6, 6.07) is 5.74. The van der Waals surface area contributed by atoms with Crippen LogP contribution >= 0.6 is 11.6 Å². The zero-order chi connectivity index (χ0) is 18.4. The van der Waals surface area contributed by atoms with Gasteiger partial charge in [-0.2, -0.15) is 13.4 Å². The standard InChI is InChI=1S/C14H12ClN5O4S/c1-7-6-8(2)20-13(16-7)17-14(18-20)25(23,24)19-11-9(12(21)22)4-3-5-10(11)15/h3-6,19H,1-2H3,(H,21,22). The van der Waals surface area contributed by atoms with Gasteiger partial charge in [-0.3, -0.25) is 4.72 Å². The Bertz CT molecular complexity index is 1110. The van der Waals surface area contributed by atoms with Gasteiger partial charge in [0.1, 0.15) is 0 Å². The lowest BCUT2D eigenvalue weighted by atomic mass is 10.2. The molecule has 0 aliphatic carbocycles. The number of hydrogen-bond acceptors (Lipinski definition) is 6. The maximum atomic E-state index is 12.6. The summed E-state index contributed by atoms with van der Waals surface area (Å²) in [5.74, 6) is -1.20. The lowest BCUT2D eigenvalue weighted by molar-refractivity contribution is 0.0698. The van der Waals surface area contributed by atoms with Crippen LogP contribution < -0.4 is 4.72 Å². The van der Waals surface area contributed by atoms with Crippen molar-refractivity contribution in [3.8, 4) is 0 Å². The summed E-state index contributed by atoms with van der Waals surface area (Å²) in [7, 11) is -4.26. The van der Waals surface area contributed by atoms with Crippen molar-refractivity contribution >= 4 is 39.1 Å². The number of fused-ring (bicyclic) bond motifs is 1. The smallest absolute Gasteiger partial charge is 0.337 e. The van der Waals surface area contributed by atoms with E-state index in [2.05, 4.69) is 19.8 Å². The normalized spacial score (nSPS) is 11.6. The van der Waals surface area contributed by atoms with Gasteiger partial charge in [-0.15, -0.1) is 5.10 Å². The molecule has 2 heterocycles. The van der Waals surface area contributed by atoms with Crippen LogP contribution in [-0.2, 0) is 10.0 Å². The first-order valence-electron chi connectivity index (χ1n) is 6.94. The number of carbonyl (C=O) groups is 1. The first-order valence-corrected chi connectivity index (χ1v) is 8.81. The third-order valence-corrected chi connectivity index (χ3v) is 4.76. The van der Waals surface area contributed by atoms with E-state index in [0.29, 0.717) is 11.4 Å². The third kappa shape index (κ3) is 3.13. The number of aryl methyl sites for hydroxylation is 2. The van der Waals surface area contributed by atoms with Crippen molar-refractivity contribution in [2.75, 3.05) is 4.72 Å². The summed E-state index contributed by atoms with van der Waals surface area (Å²) < 4.78 is 28.6. The molecule has 130 valence electrons. The first kappa shape index (κ1) is 17.1. The minimum atomic E-state index is -4.26. The fourth-order valence-corrected chi connectivity index (χ4v) is 3.50. The molecule has 25 heavy (non-hydrogen) atoms. The molecule has 1 aromatic carbocycles. The van der Waals surface area contributed by atoms with Gasteiger partial charge in [0.15, 0.2) is 0 Å². The average Bonchev–Trinajstić information content (AvgIpc) is 2.94. The van der Waals surface area contributed by atoms with E-state index in [9.17, 15) is 18.3 Å². The van der Waals surface area contributed by atoms with Crippen LogP contribution in [-0.4, -0.2) is 39.1 Å². The summed E-state index contributed by atoms with van der Waals surface area (Å²) in [6.45, 7) is 3.48. The van der Waals surface area contributed by atoms with E-state index in [-0.39, 0.29) is 22.1 Å². The number of hydrogen-bond donors (Lipinski definition) is 2. The Morgan fingerprint density at radius 1 is 1.28 bits per heavy atom. The van der Waals surface area contributed by atoms with Crippen LogP contribution in [0.3, 0.4) is 0 Å². The molecular formula is C14H12ClN5O4S. The topological polar surface area (TPSA) is 127 Å². The summed E-state index contributed by atoms with van der Waals surface area (Å²) >= 11 is 5.94. The summed E-state index contributed by atoms with van der Waals surface area (Å²) in [6.07, 6.45) is 0. The molecular weight excluding hydrogens is 370 g/mol. The number of halogens is 1. The van der Waals surface area contributed by atoms with Gasteiger partial charge in [0.05, 0.1) is 16.3 Å². The van der Waals surface area contributed by atoms with Crippen LogP contribution in [0.25, 0.3) is 5.78 Å². The maximum Gasteiger partial charge on any atom is 0.337 e. The van der Waals surface area contributed by atoms with Crippen molar-refractivity contribution in [2.45, 2.75) is 19.0 Å². The number of rotatable bonds is 4. The molecule has 0 bridgehead atoms. The van der Waals surface area contributed by atoms with Crippen molar-refractivity contribution in [1.29, 1.82) is 0 Å². The third-order valence-electron chi connectivity index (χ3n) is 3.32. The monoisotopic (exact) mass is 381 g/mol. The lowest BCUT2D eigenvalue weighted by Gasteiger charge is -2.09. The number of para-hydroxylation sites is 1.